The molecule has 0 aliphatic heterocycles. The monoisotopic (exact) mass is 309 g/mol. The Kier molecular flexibility index (Phi) is 3.91. The van der Waals surface area contributed by atoms with E-state index in [0.717, 1.165) is 21.9 Å². The maximum atomic E-state index is 5.54. The Labute approximate surface area is 115 Å². The first-order valence-corrected chi connectivity index (χ1v) is 6.51. The van der Waals surface area contributed by atoms with Crippen molar-refractivity contribution in [2.45, 2.75) is 13.0 Å². The highest BCUT2D eigenvalue weighted by molar-refractivity contribution is 9.10. The fourth-order valence-electron chi connectivity index (χ4n) is 1.73. The lowest BCUT2D eigenvalue weighted by Crippen LogP contribution is -2.15. The van der Waals surface area contributed by atoms with Crippen LogP contribution in [-0.2, 0) is 0 Å². The lowest BCUT2D eigenvalue weighted by atomic mass is 10.2. The molecule has 2 rings (SSSR count). The number of aromatic nitrogens is 1. The molecule has 2 aromatic rings. The molecule has 4 nitrogen and oxygen atoms in total. The van der Waals surface area contributed by atoms with Gasteiger partial charge in [-0.05, 0) is 47.1 Å². The molecule has 1 atom stereocenters. The Balaban J connectivity index is 2.19. The summed E-state index contributed by atoms with van der Waals surface area (Å²) in [7, 11) is 3.95. The van der Waals surface area contributed by atoms with E-state index in [9.17, 15) is 0 Å². The zero-order valence-electron chi connectivity index (χ0n) is 10.6. The molecule has 0 bridgehead atoms. The van der Waals surface area contributed by atoms with Gasteiger partial charge in [-0.1, -0.05) is 0 Å². The Morgan fingerprint density at radius 1 is 1.33 bits per heavy atom. The van der Waals surface area contributed by atoms with Gasteiger partial charge in [-0.15, -0.1) is 0 Å². The molecule has 0 saturated carbocycles. The average Bonchev–Trinajstić information content (AvgIpc) is 2.76. The van der Waals surface area contributed by atoms with Gasteiger partial charge in [-0.2, -0.15) is 0 Å². The number of pyridine rings is 1. The molecule has 5 heteroatoms. The van der Waals surface area contributed by atoms with Crippen LogP contribution in [0.5, 0.6) is 0 Å². The van der Waals surface area contributed by atoms with E-state index in [0.29, 0.717) is 0 Å². The predicted octanol–water partition coefficient (Wildman–Crippen LogP) is 3.68. The molecule has 96 valence electrons. The van der Waals surface area contributed by atoms with Gasteiger partial charge in [0, 0.05) is 20.3 Å². The molecule has 0 amide bonds. The maximum absolute atomic E-state index is 5.54. The number of hydrogen-bond donors (Lipinski definition) is 1. The van der Waals surface area contributed by atoms with Crippen LogP contribution in [0.15, 0.2) is 39.5 Å². The van der Waals surface area contributed by atoms with Gasteiger partial charge < -0.3 is 14.6 Å². The molecule has 0 radical (unpaired) electrons. The molecular weight excluding hydrogens is 294 g/mol. The van der Waals surface area contributed by atoms with Crippen molar-refractivity contribution in [3.8, 4) is 0 Å². The van der Waals surface area contributed by atoms with Crippen molar-refractivity contribution in [3.63, 3.8) is 0 Å². The van der Waals surface area contributed by atoms with E-state index in [1.807, 2.05) is 43.3 Å². The summed E-state index contributed by atoms with van der Waals surface area (Å²) in [6.07, 6.45) is 1.79. The SMILES string of the molecule is CC(Nc1cccnc1N(C)C)c1ccc(Br)o1. The third kappa shape index (κ3) is 2.85. The Morgan fingerprint density at radius 3 is 2.72 bits per heavy atom. The van der Waals surface area contributed by atoms with E-state index >= 15 is 0 Å². The number of furan rings is 1. The smallest absolute Gasteiger partial charge is 0.169 e. The van der Waals surface area contributed by atoms with Crippen LogP contribution in [0.1, 0.15) is 18.7 Å². The summed E-state index contributed by atoms with van der Waals surface area (Å²) in [6.45, 7) is 2.05. The number of halogens is 1. The molecule has 0 spiro atoms. The number of nitrogens with one attached hydrogen (secondary N) is 1. The summed E-state index contributed by atoms with van der Waals surface area (Å²) in [5, 5.41) is 3.40. The molecular formula is C13H16BrN3O. The Morgan fingerprint density at radius 2 is 2.11 bits per heavy atom. The topological polar surface area (TPSA) is 41.3 Å². The summed E-state index contributed by atoms with van der Waals surface area (Å²) >= 11 is 3.31. The zero-order chi connectivity index (χ0) is 13.1. The van der Waals surface area contributed by atoms with E-state index in [1.165, 1.54) is 0 Å². The van der Waals surface area contributed by atoms with Crippen molar-refractivity contribution < 1.29 is 4.42 Å². The molecule has 1 unspecified atom stereocenters. The summed E-state index contributed by atoms with van der Waals surface area (Å²) in [6, 6.07) is 7.85. The molecule has 18 heavy (non-hydrogen) atoms. The van der Waals surface area contributed by atoms with Crippen LogP contribution in [0.25, 0.3) is 0 Å². The van der Waals surface area contributed by atoms with Gasteiger partial charge in [-0.3, -0.25) is 0 Å². The molecule has 0 aliphatic rings. The summed E-state index contributed by atoms with van der Waals surface area (Å²) in [4.78, 5) is 6.33. The van der Waals surface area contributed by atoms with E-state index in [1.54, 1.807) is 6.20 Å². The van der Waals surface area contributed by atoms with Gasteiger partial charge in [0.05, 0.1) is 11.7 Å². The minimum atomic E-state index is 0.0826. The number of anilines is 2. The Hall–Kier alpha value is -1.49. The summed E-state index contributed by atoms with van der Waals surface area (Å²) in [5.41, 5.74) is 0.988. The lowest BCUT2D eigenvalue weighted by Gasteiger charge is -2.19. The average molecular weight is 310 g/mol. The van der Waals surface area contributed by atoms with Gasteiger partial charge in [0.2, 0.25) is 0 Å². The van der Waals surface area contributed by atoms with Crippen LogP contribution >= 0.6 is 15.9 Å². The third-order valence-corrected chi connectivity index (χ3v) is 3.03. The van der Waals surface area contributed by atoms with E-state index in [4.69, 9.17) is 4.42 Å². The van der Waals surface area contributed by atoms with Crippen molar-refractivity contribution >= 4 is 27.4 Å². The van der Waals surface area contributed by atoms with Crippen molar-refractivity contribution in [3.05, 3.63) is 40.9 Å². The second-order valence-electron chi connectivity index (χ2n) is 4.28. The first-order chi connectivity index (χ1) is 8.58. The van der Waals surface area contributed by atoms with E-state index in [2.05, 4.69) is 33.2 Å². The van der Waals surface area contributed by atoms with Crippen molar-refractivity contribution in [1.29, 1.82) is 0 Å². The van der Waals surface area contributed by atoms with Crippen molar-refractivity contribution in [2.75, 3.05) is 24.3 Å². The van der Waals surface area contributed by atoms with Crippen LogP contribution in [0.4, 0.5) is 11.5 Å². The largest absolute Gasteiger partial charge is 0.452 e. The van der Waals surface area contributed by atoms with Crippen molar-refractivity contribution in [1.82, 2.24) is 4.98 Å². The molecule has 0 fully saturated rings. The number of hydrogen-bond acceptors (Lipinski definition) is 4. The second kappa shape index (κ2) is 5.44. The van der Waals surface area contributed by atoms with Gasteiger partial charge in [-0.25, -0.2) is 4.98 Å². The highest BCUT2D eigenvalue weighted by atomic mass is 79.9. The van der Waals surface area contributed by atoms with Gasteiger partial charge in [0.15, 0.2) is 10.5 Å². The molecule has 2 heterocycles. The second-order valence-corrected chi connectivity index (χ2v) is 5.06. The maximum Gasteiger partial charge on any atom is 0.169 e. The van der Waals surface area contributed by atoms with Gasteiger partial charge in [0.25, 0.3) is 0 Å². The fourth-order valence-corrected chi connectivity index (χ4v) is 2.05. The number of rotatable bonds is 4. The standard InChI is InChI=1S/C13H16BrN3O/c1-9(11-6-7-12(14)18-11)16-10-5-4-8-15-13(10)17(2)3/h4-9,16H,1-3H3. The fraction of sp³-hybridized carbons (Fsp3) is 0.308. The first-order valence-electron chi connectivity index (χ1n) is 5.72. The Bertz CT molecular complexity index is 524. The minimum Gasteiger partial charge on any atom is -0.452 e. The molecule has 0 aliphatic carbocycles. The molecule has 0 aromatic carbocycles. The van der Waals surface area contributed by atoms with Crippen molar-refractivity contribution in [2.24, 2.45) is 0 Å². The first kappa shape index (κ1) is 13.0. The molecule has 0 saturated heterocycles. The van der Waals surface area contributed by atoms with Gasteiger partial charge >= 0.3 is 0 Å². The zero-order valence-corrected chi connectivity index (χ0v) is 12.2. The minimum absolute atomic E-state index is 0.0826. The summed E-state index contributed by atoms with van der Waals surface area (Å²) in [5.74, 6) is 1.80. The van der Waals surface area contributed by atoms with E-state index in [-0.39, 0.29) is 6.04 Å². The quantitative estimate of drug-likeness (QED) is 0.935. The van der Waals surface area contributed by atoms with Crippen LogP contribution in [-0.4, -0.2) is 19.1 Å². The molecule has 2 aromatic heterocycles. The van der Waals surface area contributed by atoms with Gasteiger partial charge in [0.1, 0.15) is 5.76 Å². The molecule has 1 N–H and O–H groups in total. The van der Waals surface area contributed by atoms with Crippen LogP contribution in [0, 0.1) is 0 Å². The van der Waals surface area contributed by atoms with Crippen LogP contribution in [0.3, 0.4) is 0 Å². The van der Waals surface area contributed by atoms with Crippen LogP contribution in [0.2, 0.25) is 0 Å². The number of nitrogens with zero attached hydrogens (tertiary/aromatic N) is 2. The lowest BCUT2D eigenvalue weighted by molar-refractivity contribution is 0.471. The normalized spacial score (nSPS) is 12.2. The highest BCUT2D eigenvalue weighted by Gasteiger charge is 2.12. The van der Waals surface area contributed by atoms with Crippen LogP contribution < -0.4 is 10.2 Å². The third-order valence-electron chi connectivity index (χ3n) is 2.60. The van der Waals surface area contributed by atoms with E-state index < -0.39 is 0 Å². The predicted molar refractivity (Wildman–Crippen MR) is 77.0 cm³/mol. The summed E-state index contributed by atoms with van der Waals surface area (Å²) < 4.78 is 6.28. The highest BCUT2D eigenvalue weighted by Crippen LogP contribution is 2.27.